The summed E-state index contributed by atoms with van der Waals surface area (Å²) in [5, 5.41) is 14.1. The molecule has 1 amide bonds. The molecule has 1 aromatic heterocycles. The molecule has 0 aliphatic heterocycles. The lowest BCUT2D eigenvalue weighted by atomic mass is 10.2. The summed E-state index contributed by atoms with van der Waals surface area (Å²) in [5.74, 6) is 1.07. The number of rotatable bonds is 6. The molecule has 6 nitrogen and oxygen atoms in total. The smallest absolute Gasteiger partial charge is 0.276 e. The third-order valence-corrected chi connectivity index (χ3v) is 3.79. The van der Waals surface area contributed by atoms with Gasteiger partial charge in [0.2, 0.25) is 0 Å². The highest BCUT2D eigenvalue weighted by Gasteiger charge is 2.10. The summed E-state index contributed by atoms with van der Waals surface area (Å²) in [7, 11) is 0. The number of nitrogens with one attached hydrogen (secondary N) is 2. The predicted molar refractivity (Wildman–Crippen MR) is 107 cm³/mol. The quantitative estimate of drug-likeness (QED) is 0.672. The van der Waals surface area contributed by atoms with Crippen molar-refractivity contribution in [3.05, 3.63) is 71.9 Å². The molecule has 0 atom stereocenters. The monoisotopic (exact) mass is 362 g/mol. The van der Waals surface area contributed by atoms with Crippen molar-refractivity contribution in [1.29, 1.82) is 0 Å². The van der Waals surface area contributed by atoms with E-state index in [4.69, 9.17) is 4.74 Å². The zero-order valence-electron chi connectivity index (χ0n) is 15.6. The van der Waals surface area contributed by atoms with Gasteiger partial charge in [-0.1, -0.05) is 18.2 Å². The number of hydrogen-bond donors (Lipinski definition) is 2. The molecule has 0 fully saturated rings. The Morgan fingerprint density at radius 3 is 2.33 bits per heavy atom. The maximum Gasteiger partial charge on any atom is 0.276 e. The summed E-state index contributed by atoms with van der Waals surface area (Å²) >= 11 is 0. The number of amides is 1. The van der Waals surface area contributed by atoms with Gasteiger partial charge >= 0.3 is 0 Å². The van der Waals surface area contributed by atoms with Crippen molar-refractivity contribution in [3.63, 3.8) is 0 Å². The molecule has 0 saturated heterocycles. The van der Waals surface area contributed by atoms with E-state index >= 15 is 0 Å². The molecule has 27 heavy (non-hydrogen) atoms. The Morgan fingerprint density at radius 2 is 1.70 bits per heavy atom. The third-order valence-electron chi connectivity index (χ3n) is 3.79. The molecule has 6 heteroatoms. The number of nitrogens with zero attached hydrogens (tertiary/aromatic N) is 2. The highest BCUT2D eigenvalue weighted by molar-refractivity contribution is 6.03. The number of aromatic nitrogens is 2. The number of carbonyl (C=O) groups is 1. The lowest BCUT2D eigenvalue weighted by Gasteiger charge is -2.11. The second-order valence-corrected chi connectivity index (χ2v) is 6.39. The van der Waals surface area contributed by atoms with Crippen LogP contribution in [0.4, 0.5) is 17.2 Å². The molecule has 2 N–H and O–H groups in total. The highest BCUT2D eigenvalue weighted by Crippen LogP contribution is 2.20. The van der Waals surface area contributed by atoms with Crippen LogP contribution in [0, 0.1) is 6.92 Å². The molecular weight excluding hydrogens is 340 g/mol. The van der Waals surface area contributed by atoms with Crippen molar-refractivity contribution >= 4 is 23.1 Å². The standard InChI is InChI=1S/C21H22N4O2/c1-14(2)27-17-10-8-16(9-11-17)22-20-13-12-19(24-25-20)21(26)23-18-7-5-4-6-15(18)3/h4-14H,1-3H3,(H,22,25)(H,23,26). The van der Waals surface area contributed by atoms with Crippen LogP contribution in [0.3, 0.4) is 0 Å². The molecule has 0 bridgehead atoms. The van der Waals surface area contributed by atoms with Crippen LogP contribution in [0.15, 0.2) is 60.7 Å². The molecule has 0 radical (unpaired) electrons. The second-order valence-electron chi connectivity index (χ2n) is 6.39. The highest BCUT2D eigenvalue weighted by atomic mass is 16.5. The first kappa shape index (κ1) is 18.4. The van der Waals surface area contributed by atoms with Gasteiger partial charge in [-0.25, -0.2) is 0 Å². The average molecular weight is 362 g/mol. The van der Waals surface area contributed by atoms with Gasteiger partial charge in [0.05, 0.1) is 6.10 Å². The van der Waals surface area contributed by atoms with Gasteiger partial charge in [-0.3, -0.25) is 4.79 Å². The van der Waals surface area contributed by atoms with Gasteiger partial charge in [-0.05, 0) is 68.8 Å². The summed E-state index contributed by atoms with van der Waals surface area (Å²) < 4.78 is 5.62. The molecule has 0 aliphatic rings. The molecular formula is C21H22N4O2. The third kappa shape index (κ3) is 5.04. The van der Waals surface area contributed by atoms with E-state index in [1.165, 1.54) is 0 Å². The Kier molecular flexibility index (Phi) is 5.66. The summed E-state index contributed by atoms with van der Waals surface area (Å²) in [4.78, 5) is 12.3. The van der Waals surface area contributed by atoms with E-state index in [1.54, 1.807) is 12.1 Å². The van der Waals surface area contributed by atoms with E-state index in [0.29, 0.717) is 5.82 Å². The second kappa shape index (κ2) is 8.31. The van der Waals surface area contributed by atoms with E-state index in [1.807, 2.05) is 69.3 Å². The Bertz CT molecular complexity index is 906. The van der Waals surface area contributed by atoms with Crippen LogP contribution in [0.5, 0.6) is 5.75 Å². The van der Waals surface area contributed by atoms with Gasteiger partial charge in [-0.2, -0.15) is 0 Å². The van der Waals surface area contributed by atoms with Crippen molar-refractivity contribution in [2.45, 2.75) is 26.9 Å². The predicted octanol–water partition coefficient (Wildman–Crippen LogP) is 4.57. The molecule has 3 aromatic rings. The maximum absolute atomic E-state index is 12.3. The largest absolute Gasteiger partial charge is 0.491 e. The van der Waals surface area contributed by atoms with Crippen LogP contribution in [-0.4, -0.2) is 22.2 Å². The lowest BCUT2D eigenvalue weighted by molar-refractivity contribution is 0.102. The Balaban J connectivity index is 1.63. The van der Waals surface area contributed by atoms with Gasteiger partial charge in [0.1, 0.15) is 5.75 Å². The van der Waals surface area contributed by atoms with Gasteiger partial charge in [0.15, 0.2) is 11.5 Å². The number of anilines is 3. The molecule has 0 saturated carbocycles. The zero-order chi connectivity index (χ0) is 19.2. The number of carbonyl (C=O) groups excluding carboxylic acids is 1. The topological polar surface area (TPSA) is 76.1 Å². The van der Waals surface area contributed by atoms with Gasteiger partial charge in [0.25, 0.3) is 5.91 Å². The first-order valence-corrected chi connectivity index (χ1v) is 8.76. The van der Waals surface area contributed by atoms with Crippen LogP contribution in [-0.2, 0) is 0 Å². The van der Waals surface area contributed by atoms with Gasteiger partial charge in [-0.15, -0.1) is 10.2 Å². The Morgan fingerprint density at radius 1 is 0.963 bits per heavy atom. The van der Waals surface area contributed by atoms with Gasteiger partial charge < -0.3 is 15.4 Å². The number of hydrogen-bond acceptors (Lipinski definition) is 5. The normalized spacial score (nSPS) is 10.5. The van der Waals surface area contributed by atoms with Crippen molar-refractivity contribution in [2.75, 3.05) is 10.6 Å². The minimum absolute atomic E-state index is 0.132. The molecule has 2 aromatic carbocycles. The van der Waals surface area contributed by atoms with E-state index in [9.17, 15) is 4.79 Å². The summed E-state index contributed by atoms with van der Waals surface area (Å²) in [6.07, 6.45) is 0.132. The van der Waals surface area contributed by atoms with Gasteiger partial charge in [0, 0.05) is 11.4 Å². The molecule has 3 rings (SSSR count). The van der Waals surface area contributed by atoms with Crippen LogP contribution in [0.2, 0.25) is 0 Å². The summed E-state index contributed by atoms with van der Waals surface area (Å²) in [5.41, 5.74) is 2.86. The van der Waals surface area contributed by atoms with Crippen molar-refractivity contribution in [1.82, 2.24) is 10.2 Å². The Hall–Kier alpha value is -3.41. The molecule has 0 aliphatic carbocycles. The molecule has 0 spiro atoms. The number of benzene rings is 2. The molecule has 1 heterocycles. The lowest BCUT2D eigenvalue weighted by Crippen LogP contribution is -2.15. The minimum Gasteiger partial charge on any atom is -0.491 e. The minimum atomic E-state index is -0.293. The van der Waals surface area contributed by atoms with Crippen LogP contribution < -0.4 is 15.4 Å². The van der Waals surface area contributed by atoms with E-state index < -0.39 is 0 Å². The fourth-order valence-corrected chi connectivity index (χ4v) is 2.46. The fraction of sp³-hybridized carbons (Fsp3) is 0.190. The molecule has 0 unspecified atom stereocenters. The first-order valence-electron chi connectivity index (χ1n) is 8.76. The van der Waals surface area contributed by atoms with E-state index in [-0.39, 0.29) is 17.7 Å². The first-order chi connectivity index (χ1) is 13.0. The van der Waals surface area contributed by atoms with Crippen molar-refractivity contribution < 1.29 is 9.53 Å². The van der Waals surface area contributed by atoms with Crippen molar-refractivity contribution in [2.24, 2.45) is 0 Å². The SMILES string of the molecule is Cc1ccccc1NC(=O)c1ccc(Nc2ccc(OC(C)C)cc2)nn1. The summed E-state index contributed by atoms with van der Waals surface area (Å²) in [6, 6.07) is 18.5. The maximum atomic E-state index is 12.3. The van der Waals surface area contributed by atoms with E-state index in [0.717, 1.165) is 22.7 Å². The van der Waals surface area contributed by atoms with Crippen LogP contribution >= 0.6 is 0 Å². The number of para-hydroxylation sites is 1. The number of ether oxygens (including phenoxy) is 1. The molecule has 138 valence electrons. The zero-order valence-corrected chi connectivity index (χ0v) is 15.6. The van der Waals surface area contributed by atoms with Crippen LogP contribution in [0.1, 0.15) is 29.9 Å². The van der Waals surface area contributed by atoms with Crippen LogP contribution in [0.25, 0.3) is 0 Å². The number of aryl methyl sites for hydroxylation is 1. The fourth-order valence-electron chi connectivity index (χ4n) is 2.46. The average Bonchev–Trinajstić information content (AvgIpc) is 2.65. The summed E-state index contributed by atoms with van der Waals surface area (Å²) in [6.45, 7) is 5.91. The van der Waals surface area contributed by atoms with E-state index in [2.05, 4.69) is 20.8 Å². The Labute approximate surface area is 158 Å². The van der Waals surface area contributed by atoms with Crippen molar-refractivity contribution in [3.8, 4) is 5.75 Å².